The quantitative estimate of drug-likeness (QED) is 0.403. The maximum absolute atomic E-state index is 13.2. The number of hydrogen-bond donors (Lipinski definition) is 2. The Bertz CT molecular complexity index is 599. The van der Waals surface area contributed by atoms with E-state index in [-0.39, 0.29) is 29.2 Å². The van der Waals surface area contributed by atoms with Gasteiger partial charge in [0.15, 0.2) is 0 Å². The molecular weight excluding hydrogens is 392 g/mol. The highest BCUT2D eigenvalue weighted by atomic mass is 28.3. The second kappa shape index (κ2) is 10.4. The number of likely N-dealkylation sites (N-methyl/N-ethyl adjacent to an activating group) is 1. The lowest BCUT2D eigenvalue weighted by atomic mass is 9.82. The highest BCUT2D eigenvalue weighted by molar-refractivity contribution is 6.78. The second-order valence-corrected chi connectivity index (χ2v) is 17.5. The van der Waals surface area contributed by atoms with Crippen molar-refractivity contribution in [2.45, 2.75) is 105 Å². The molecule has 0 aromatic carbocycles. The van der Waals surface area contributed by atoms with Crippen molar-refractivity contribution in [1.82, 2.24) is 10.2 Å². The average Bonchev–Trinajstić information content (AvgIpc) is 2.50. The third-order valence-electron chi connectivity index (χ3n) is 5.82. The third-order valence-corrected chi connectivity index (χ3v) is 8.44. The molecule has 0 spiro atoms. The van der Waals surface area contributed by atoms with E-state index in [1.54, 1.807) is 11.9 Å². The molecule has 0 aliphatic rings. The Balaban J connectivity index is 5.80. The number of carbonyl (C=O) groups is 2. The molecule has 0 aromatic heterocycles. The molecule has 2 N–H and O–H groups in total. The molecule has 0 heterocycles. The Morgan fingerprint density at radius 2 is 1.57 bits per heavy atom. The van der Waals surface area contributed by atoms with Crippen LogP contribution in [0.25, 0.3) is 0 Å². The van der Waals surface area contributed by atoms with Gasteiger partial charge in [-0.1, -0.05) is 60.3 Å². The first kappa shape index (κ1) is 28.9. The van der Waals surface area contributed by atoms with Crippen molar-refractivity contribution in [2.24, 2.45) is 17.3 Å². The van der Waals surface area contributed by atoms with E-state index in [2.05, 4.69) is 38.5 Å². The third kappa shape index (κ3) is 8.54. The first-order chi connectivity index (χ1) is 13.2. The number of carbonyl (C=O) groups excluding carboxylic acids is 2. The van der Waals surface area contributed by atoms with E-state index in [4.69, 9.17) is 0 Å². The van der Waals surface area contributed by atoms with Crippen LogP contribution in [0.3, 0.4) is 0 Å². The van der Waals surface area contributed by atoms with Gasteiger partial charge in [0.05, 0.1) is 14.2 Å². The van der Waals surface area contributed by atoms with Crippen molar-refractivity contribution in [3.05, 3.63) is 12.7 Å². The molecule has 0 aliphatic heterocycles. The monoisotopic (exact) mass is 440 g/mol. The van der Waals surface area contributed by atoms with Crippen molar-refractivity contribution >= 4 is 19.9 Å². The van der Waals surface area contributed by atoms with E-state index in [0.29, 0.717) is 6.42 Å². The van der Waals surface area contributed by atoms with Crippen LogP contribution < -0.4 is 5.32 Å². The van der Waals surface area contributed by atoms with Gasteiger partial charge in [-0.05, 0) is 44.6 Å². The summed E-state index contributed by atoms with van der Waals surface area (Å²) in [5.74, 6) is -0.292. The lowest BCUT2D eigenvalue weighted by molar-refractivity contribution is -0.148. The van der Waals surface area contributed by atoms with Crippen molar-refractivity contribution in [2.75, 3.05) is 7.05 Å². The fraction of sp³-hybridized carbons (Fsp3) is 0.833. The number of nitrogens with zero attached hydrogens (tertiary/aromatic N) is 1. The van der Waals surface area contributed by atoms with Crippen LogP contribution in [0.15, 0.2) is 12.7 Å². The minimum Gasteiger partial charge on any atom is -0.393 e. The molecule has 0 rings (SSSR count). The van der Waals surface area contributed by atoms with Gasteiger partial charge < -0.3 is 15.3 Å². The predicted octanol–water partition coefficient (Wildman–Crippen LogP) is 4.69. The van der Waals surface area contributed by atoms with Gasteiger partial charge in [0.25, 0.3) is 0 Å². The predicted molar refractivity (Wildman–Crippen MR) is 130 cm³/mol. The van der Waals surface area contributed by atoms with Crippen LogP contribution in [0.1, 0.15) is 61.8 Å². The number of amides is 2. The number of aliphatic hydroxyl groups is 1. The second-order valence-electron chi connectivity index (χ2n) is 12.1. The summed E-state index contributed by atoms with van der Waals surface area (Å²) in [5.41, 5.74) is -0.888. The number of hydrogen-bond acceptors (Lipinski definition) is 3. The van der Waals surface area contributed by atoms with Crippen LogP contribution in [0.2, 0.25) is 25.2 Å². The zero-order valence-corrected chi connectivity index (χ0v) is 22.6. The van der Waals surface area contributed by atoms with Crippen LogP contribution in [0, 0.1) is 17.3 Å². The number of nitrogens with one attached hydrogen (secondary N) is 1. The van der Waals surface area contributed by atoms with Gasteiger partial charge in [0, 0.05) is 18.0 Å². The van der Waals surface area contributed by atoms with Crippen LogP contribution in [0.5, 0.6) is 0 Å². The molecule has 176 valence electrons. The molecule has 5 atom stereocenters. The highest BCUT2D eigenvalue weighted by Gasteiger charge is 2.40. The molecular formula is C24H48N2O3Si. The Hall–Kier alpha value is -1.14. The van der Waals surface area contributed by atoms with Gasteiger partial charge in [0.1, 0.15) is 6.04 Å². The van der Waals surface area contributed by atoms with Gasteiger partial charge >= 0.3 is 0 Å². The summed E-state index contributed by atoms with van der Waals surface area (Å²) < 4.78 is 0. The Morgan fingerprint density at radius 1 is 1.10 bits per heavy atom. The van der Waals surface area contributed by atoms with E-state index >= 15 is 0 Å². The zero-order valence-electron chi connectivity index (χ0n) is 21.6. The van der Waals surface area contributed by atoms with E-state index in [9.17, 15) is 14.7 Å². The van der Waals surface area contributed by atoms with E-state index < -0.39 is 31.2 Å². The molecule has 0 unspecified atom stereocenters. The van der Waals surface area contributed by atoms with Gasteiger partial charge in [-0.3, -0.25) is 9.59 Å². The maximum Gasteiger partial charge on any atom is 0.243 e. The van der Waals surface area contributed by atoms with Gasteiger partial charge in [-0.15, -0.1) is 6.58 Å². The van der Waals surface area contributed by atoms with Crippen LogP contribution >= 0.6 is 0 Å². The van der Waals surface area contributed by atoms with Crippen molar-refractivity contribution in [3.63, 3.8) is 0 Å². The standard InChI is InChI=1S/C24H48N2O3Si/c1-14-19(30(11,12)13)18(27)15-16(2)17(3)20(21(28)25-24(7,8)9)26(10)22(29)23(4,5)6/h14,16-20,27H,1,15H2,2-13H3,(H,25,28)/t16-,17-,18-,19-,20+/m1/s1. The molecule has 0 saturated carbocycles. The van der Waals surface area contributed by atoms with Crippen LogP contribution in [0.4, 0.5) is 0 Å². The molecule has 0 aliphatic carbocycles. The van der Waals surface area contributed by atoms with Gasteiger partial charge in [-0.2, -0.15) is 0 Å². The molecule has 2 amide bonds. The largest absolute Gasteiger partial charge is 0.393 e. The number of rotatable bonds is 9. The smallest absolute Gasteiger partial charge is 0.243 e. The fourth-order valence-corrected chi connectivity index (χ4v) is 6.00. The highest BCUT2D eigenvalue weighted by Crippen LogP contribution is 2.33. The minimum absolute atomic E-state index is 0.0461. The summed E-state index contributed by atoms with van der Waals surface area (Å²) in [6.45, 7) is 26.1. The summed E-state index contributed by atoms with van der Waals surface area (Å²) >= 11 is 0. The maximum atomic E-state index is 13.2. The normalized spacial score (nSPS) is 18.0. The summed E-state index contributed by atoms with van der Waals surface area (Å²) in [5, 5.41) is 14.0. The summed E-state index contributed by atoms with van der Waals surface area (Å²) in [4.78, 5) is 27.8. The summed E-state index contributed by atoms with van der Waals surface area (Å²) in [6, 6.07) is -0.604. The Morgan fingerprint density at radius 3 is 1.90 bits per heavy atom. The first-order valence-electron chi connectivity index (χ1n) is 11.1. The minimum atomic E-state index is -1.61. The first-order valence-corrected chi connectivity index (χ1v) is 14.7. The fourth-order valence-electron chi connectivity index (χ4n) is 4.01. The van der Waals surface area contributed by atoms with E-state index in [1.165, 1.54) is 0 Å². The molecule has 5 nitrogen and oxygen atoms in total. The van der Waals surface area contributed by atoms with Crippen molar-refractivity contribution < 1.29 is 14.7 Å². The van der Waals surface area contributed by atoms with Crippen LogP contribution in [-0.2, 0) is 9.59 Å². The molecule has 0 radical (unpaired) electrons. The molecule has 0 bridgehead atoms. The van der Waals surface area contributed by atoms with E-state index in [0.717, 1.165) is 0 Å². The molecule has 0 saturated heterocycles. The Labute approximate surface area is 186 Å². The molecule has 0 aromatic rings. The zero-order chi connectivity index (χ0) is 24.2. The van der Waals surface area contributed by atoms with E-state index in [1.807, 2.05) is 54.5 Å². The summed E-state index contributed by atoms with van der Waals surface area (Å²) in [6.07, 6.45) is 1.95. The molecule has 30 heavy (non-hydrogen) atoms. The van der Waals surface area contributed by atoms with Crippen molar-refractivity contribution in [1.29, 1.82) is 0 Å². The lowest BCUT2D eigenvalue weighted by Crippen LogP contribution is -2.57. The lowest BCUT2D eigenvalue weighted by Gasteiger charge is -2.40. The summed E-state index contributed by atoms with van der Waals surface area (Å²) in [7, 11) is 0.108. The topological polar surface area (TPSA) is 69.6 Å². The Kier molecular flexibility index (Phi) is 10.0. The average molecular weight is 441 g/mol. The van der Waals surface area contributed by atoms with Gasteiger partial charge in [0.2, 0.25) is 11.8 Å². The molecule has 0 fully saturated rings. The van der Waals surface area contributed by atoms with Gasteiger partial charge in [-0.25, -0.2) is 0 Å². The van der Waals surface area contributed by atoms with Crippen LogP contribution in [-0.4, -0.2) is 54.6 Å². The SMILES string of the molecule is C=C[C@H]([C@H](O)C[C@@H](C)[C@@H](C)[C@@H](C(=O)NC(C)(C)C)N(C)C(=O)C(C)(C)C)[Si](C)(C)C. The van der Waals surface area contributed by atoms with Crippen molar-refractivity contribution in [3.8, 4) is 0 Å². The molecule has 6 heteroatoms. The number of aliphatic hydroxyl groups excluding tert-OH is 1.